The lowest BCUT2D eigenvalue weighted by molar-refractivity contribution is -0.142. The summed E-state index contributed by atoms with van der Waals surface area (Å²) in [6.07, 6.45) is 3.31. The molecule has 0 aliphatic heterocycles. The van der Waals surface area contributed by atoms with E-state index in [4.69, 9.17) is 4.74 Å². The number of carbonyl (C=O) groups is 3. The fourth-order valence-corrected chi connectivity index (χ4v) is 5.11. The lowest BCUT2D eigenvalue weighted by Gasteiger charge is -2.18. The largest absolute Gasteiger partial charge is 0.480 e. The molecule has 180 valence electrons. The Balaban J connectivity index is 1.28. The average Bonchev–Trinajstić information content (AvgIpc) is 3.43. The summed E-state index contributed by atoms with van der Waals surface area (Å²) in [6, 6.07) is 15.3. The van der Waals surface area contributed by atoms with Gasteiger partial charge in [0.2, 0.25) is 5.91 Å². The van der Waals surface area contributed by atoms with Crippen molar-refractivity contribution in [2.75, 3.05) is 6.61 Å². The van der Waals surface area contributed by atoms with Crippen LogP contribution in [0, 0.1) is 5.92 Å². The SMILES string of the molecule is CCCCC(NC(=O)[C@@H]1CC[C@H](NC(=O)OCC2c3ccccc3-c3ccccc32)C1)C(=O)O. The number of fused-ring (bicyclic) bond motifs is 3. The molecule has 3 N–H and O–H groups in total. The molecule has 2 aromatic rings. The number of nitrogens with one attached hydrogen (secondary N) is 2. The fraction of sp³-hybridized carbons (Fsp3) is 0.444. The molecule has 2 aromatic carbocycles. The molecule has 0 radical (unpaired) electrons. The minimum Gasteiger partial charge on any atom is -0.480 e. The van der Waals surface area contributed by atoms with E-state index >= 15 is 0 Å². The first-order valence-corrected chi connectivity index (χ1v) is 12.1. The summed E-state index contributed by atoms with van der Waals surface area (Å²) in [5, 5.41) is 14.9. The Bertz CT molecular complexity index is 1010. The quantitative estimate of drug-likeness (QED) is 0.508. The number of benzene rings is 2. The van der Waals surface area contributed by atoms with Gasteiger partial charge in [0, 0.05) is 17.9 Å². The van der Waals surface area contributed by atoms with Crippen molar-refractivity contribution in [1.29, 1.82) is 0 Å². The molecule has 7 heteroatoms. The van der Waals surface area contributed by atoms with Crippen LogP contribution in [0.1, 0.15) is 62.5 Å². The number of ether oxygens (including phenoxy) is 1. The third-order valence-electron chi connectivity index (χ3n) is 6.93. The number of carboxylic acid groups (broad SMARTS) is 1. The number of unbranched alkanes of at least 4 members (excludes halogenated alkanes) is 1. The molecule has 2 aliphatic rings. The molecular formula is C27H32N2O5. The van der Waals surface area contributed by atoms with E-state index in [1.54, 1.807) is 0 Å². The second-order valence-corrected chi connectivity index (χ2v) is 9.22. The van der Waals surface area contributed by atoms with E-state index in [9.17, 15) is 19.5 Å². The van der Waals surface area contributed by atoms with Gasteiger partial charge in [-0.1, -0.05) is 68.3 Å². The number of carboxylic acids is 1. The van der Waals surface area contributed by atoms with E-state index in [2.05, 4.69) is 34.9 Å². The molecule has 7 nitrogen and oxygen atoms in total. The van der Waals surface area contributed by atoms with Crippen LogP contribution < -0.4 is 10.6 Å². The van der Waals surface area contributed by atoms with Crippen LogP contribution in [0.15, 0.2) is 48.5 Å². The van der Waals surface area contributed by atoms with E-state index < -0.39 is 18.1 Å². The van der Waals surface area contributed by atoms with Crippen LogP contribution in [0.4, 0.5) is 4.79 Å². The van der Waals surface area contributed by atoms with Gasteiger partial charge < -0.3 is 20.5 Å². The van der Waals surface area contributed by atoms with Crippen molar-refractivity contribution >= 4 is 18.0 Å². The Morgan fingerprint density at radius 3 is 2.29 bits per heavy atom. The first kappa shape index (κ1) is 23.8. The number of carbonyl (C=O) groups excluding carboxylic acids is 2. The highest BCUT2D eigenvalue weighted by Gasteiger charge is 2.34. The first-order chi connectivity index (χ1) is 16.5. The van der Waals surface area contributed by atoms with Crippen molar-refractivity contribution in [3.63, 3.8) is 0 Å². The molecule has 3 atom stereocenters. The predicted molar refractivity (Wildman–Crippen MR) is 128 cm³/mol. The van der Waals surface area contributed by atoms with Gasteiger partial charge in [-0.3, -0.25) is 4.79 Å². The highest BCUT2D eigenvalue weighted by Crippen LogP contribution is 2.44. The maximum absolute atomic E-state index is 12.6. The zero-order valence-corrected chi connectivity index (χ0v) is 19.5. The lowest BCUT2D eigenvalue weighted by atomic mass is 9.98. The van der Waals surface area contributed by atoms with Gasteiger partial charge in [-0.25, -0.2) is 9.59 Å². The summed E-state index contributed by atoms with van der Waals surface area (Å²) in [5.74, 6) is -1.56. The molecule has 1 fully saturated rings. The number of alkyl carbamates (subject to hydrolysis) is 1. The maximum Gasteiger partial charge on any atom is 0.407 e. The molecule has 0 saturated heterocycles. The Morgan fingerprint density at radius 2 is 1.68 bits per heavy atom. The van der Waals surface area contributed by atoms with E-state index in [1.165, 1.54) is 11.1 Å². The van der Waals surface area contributed by atoms with Crippen LogP contribution >= 0.6 is 0 Å². The van der Waals surface area contributed by atoms with Gasteiger partial charge in [0.1, 0.15) is 12.6 Å². The molecule has 1 unspecified atom stereocenters. The van der Waals surface area contributed by atoms with Crippen LogP contribution in [-0.2, 0) is 14.3 Å². The van der Waals surface area contributed by atoms with E-state index in [0.29, 0.717) is 25.7 Å². The second-order valence-electron chi connectivity index (χ2n) is 9.22. The molecule has 2 aliphatic carbocycles. The van der Waals surface area contributed by atoms with Crippen molar-refractivity contribution < 1.29 is 24.2 Å². The Kier molecular flexibility index (Phi) is 7.50. The third-order valence-corrected chi connectivity index (χ3v) is 6.93. The van der Waals surface area contributed by atoms with Gasteiger partial charge in [-0.05, 0) is 47.9 Å². The Labute approximate surface area is 199 Å². The summed E-state index contributed by atoms with van der Waals surface area (Å²) < 4.78 is 5.61. The molecule has 0 heterocycles. The monoisotopic (exact) mass is 464 g/mol. The highest BCUT2D eigenvalue weighted by atomic mass is 16.5. The third kappa shape index (κ3) is 5.24. The van der Waals surface area contributed by atoms with E-state index in [-0.39, 0.29) is 30.4 Å². The average molecular weight is 465 g/mol. The summed E-state index contributed by atoms with van der Waals surface area (Å²) in [6.45, 7) is 2.23. The fourth-order valence-electron chi connectivity index (χ4n) is 5.11. The maximum atomic E-state index is 12.6. The van der Waals surface area contributed by atoms with Crippen molar-refractivity contribution in [1.82, 2.24) is 10.6 Å². The minimum atomic E-state index is -1.01. The molecule has 0 bridgehead atoms. The number of amides is 2. The smallest absolute Gasteiger partial charge is 0.407 e. The van der Waals surface area contributed by atoms with Gasteiger partial charge >= 0.3 is 12.1 Å². The van der Waals surface area contributed by atoms with Gasteiger partial charge in [0.15, 0.2) is 0 Å². The van der Waals surface area contributed by atoms with Crippen LogP contribution in [0.2, 0.25) is 0 Å². The van der Waals surface area contributed by atoms with Crippen molar-refractivity contribution in [3.05, 3.63) is 59.7 Å². The zero-order chi connectivity index (χ0) is 24.1. The molecular weight excluding hydrogens is 432 g/mol. The van der Waals surface area contributed by atoms with Crippen molar-refractivity contribution in [3.8, 4) is 11.1 Å². The molecule has 34 heavy (non-hydrogen) atoms. The van der Waals surface area contributed by atoms with Crippen LogP contribution in [-0.4, -0.2) is 41.8 Å². The summed E-state index contributed by atoms with van der Waals surface area (Å²) >= 11 is 0. The summed E-state index contributed by atoms with van der Waals surface area (Å²) in [4.78, 5) is 36.5. The van der Waals surface area contributed by atoms with Gasteiger partial charge in [0.05, 0.1) is 0 Å². The topological polar surface area (TPSA) is 105 Å². The van der Waals surface area contributed by atoms with Crippen LogP contribution in [0.3, 0.4) is 0 Å². The highest BCUT2D eigenvalue weighted by molar-refractivity contribution is 5.85. The number of aliphatic carboxylic acids is 1. The van der Waals surface area contributed by atoms with Crippen molar-refractivity contribution in [2.45, 2.75) is 63.5 Å². The van der Waals surface area contributed by atoms with Gasteiger partial charge in [0.25, 0.3) is 0 Å². The van der Waals surface area contributed by atoms with Crippen LogP contribution in [0.5, 0.6) is 0 Å². The van der Waals surface area contributed by atoms with E-state index in [0.717, 1.165) is 24.0 Å². The molecule has 0 spiro atoms. The molecule has 1 saturated carbocycles. The Hall–Kier alpha value is -3.35. The summed E-state index contributed by atoms with van der Waals surface area (Å²) in [5.41, 5.74) is 4.67. The van der Waals surface area contributed by atoms with Crippen LogP contribution in [0.25, 0.3) is 11.1 Å². The lowest BCUT2D eigenvalue weighted by Crippen LogP contribution is -2.43. The minimum absolute atomic E-state index is 0.00340. The predicted octanol–water partition coefficient (Wildman–Crippen LogP) is 4.45. The van der Waals surface area contributed by atoms with Gasteiger partial charge in [-0.15, -0.1) is 0 Å². The number of rotatable bonds is 9. The zero-order valence-electron chi connectivity index (χ0n) is 19.5. The molecule has 0 aromatic heterocycles. The standard InChI is InChI=1S/C27H32N2O5/c1-2-3-12-24(26(31)32)29-25(30)17-13-14-18(15-17)28-27(33)34-16-23-21-10-6-4-8-19(21)20-9-5-7-11-22(20)23/h4-11,17-18,23-24H,2-3,12-16H2,1H3,(H,28,33)(H,29,30)(H,31,32)/t17-,18+,24?/m1/s1. The normalized spacial score (nSPS) is 19.7. The van der Waals surface area contributed by atoms with E-state index in [1.807, 2.05) is 31.2 Å². The van der Waals surface area contributed by atoms with Gasteiger partial charge in [-0.2, -0.15) is 0 Å². The summed E-state index contributed by atoms with van der Waals surface area (Å²) in [7, 11) is 0. The first-order valence-electron chi connectivity index (χ1n) is 12.1. The second kappa shape index (κ2) is 10.7. The molecule has 4 rings (SSSR count). The Morgan fingerprint density at radius 1 is 1.03 bits per heavy atom. The molecule has 2 amide bonds. The number of hydrogen-bond donors (Lipinski definition) is 3. The number of hydrogen-bond acceptors (Lipinski definition) is 4. The van der Waals surface area contributed by atoms with Crippen molar-refractivity contribution in [2.24, 2.45) is 5.92 Å².